The summed E-state index contributed by atoms with van der Waals surface area (Å²) in [7, 11) is 1.49. The highest BCUT2D eigenvalue weighted by Gasteiger charge is 2.15. The van der Waals surface area contributed by atoms with Crippen LogP contribution in [0.2, 0.25) is 0 Å². The Morgan fingerprint density at radius 3 is 2.92 bits per heavy atom. The maximum atomic E-state index is 10.6. The first-order valence-electron chi connectivity index (χ1n) is 8.22. The van der Waals surface area contributed by atoms with Crippen molar-refractivity contribution >= 4 is 29.0 Å². The monoisotopic (exact) mass is 381 g/mol. The smallest absolute Gasteiger partial charge is 0.341 e. The number of carboxylic acid groups (broad SMARTS) is 1. The second kappa shape index (κ2) is 9.93. The zero-order valence-electron chi connectivity index (χ0n) is 14.8. The van der Waals surface area contributed by atoms with Crippen molar-refractivity contribution in [2.24, 2.45) is 5.10 Å². The second-order valence-corrected chi connectivity index (χ2v) is 6.11. The number of hydrogen-bond donors (Lipinski definition) is 3. The van der Waals surface area contributed by atoms with Crippen molar-refractivity contribution < 1.29 is 24.1 Å². The van der Waals surface area contributed by atoms with Gasteiger partial charge in [0.15, 0.2) is 23.2 Å². The first kappa shape index (κ1) is 19.9. The van der Waals surface area contributed by atoms with Gasteiger partial charge < -0.3 is 24.6 Å². The van der Waals surface area contributed by atoms with Crippen LogP contribution < -0.4 is 20.2 Å². The van der Waals surface area contributed by atoms with E-state index in [1.54, 1.807) is 18.2 Å². The van der Waals surface area contributed by atoms with Gasteiger partial charge in [0.1, 0.15) is 0 Å². The SMILES string of the molecule is COc1cc(/C(C)=N\NC(=S)NC[C@H]2CCCO2)ccc1OCC(=O)O. The highest BCUT2D eigenvalue weighted by molar-refractivity contribution is 7.80. The number of aliphatic carboxylic acids is 1. The fourth-order valence-electron chi connectivity index (χ4n) is 2.40. The molecule has 9 heteroatoms. The van der Waals surface area contributed by atoms with Crippen molar-refractivity contribution in [3.63, 3.8) is 0 Å². The highest BCUT2D eigenvalue weighted by Crippen LogP contribution is 2.28. The number of carbonyl (C=O) groups is 1. The van der Waals surface area contributed by atoms with Crippen molar-refractivity contribution in [1.29, 1.82) is 0 Å². The number of methoxy groups -OCH3 is 1. The molecule has 0 aromatic heterocycles. The average molecular weight is 381 g/mol. The van der Waals surface area contributed by atoms with Gasteiger partial charge in [-0.25, -0.2) is 4.79 Å². The lowest BCUT2D eigenvalue weighted by Crippen LogP contribution is -2.37. The molecule has 0 saturated carbocycles. The molecule has 1 atom stereocenters. The van der Waals surface area contributed by atoms with Crippen LogP contribution in [0.5, 0.6) is 11.5 Å². The first-order valence-corrected chi connectivity index (χ1v) is 8.63. The summed E-state index contributed by atoms with van der Waals surface area (Å²) in [5.74, 6) is -0.271. The van der Waals surface area contributed by atoms with Gasteiger partial charge in [0.25, 0.3) is 0 Å². The van der Waals surface area contributed by atoms with Gasteiger partial charge in [-0.15, -0.1) is 0 Å². The van der Waals surface area contributed by atoms with Crippen LogP contribution in [0.3, 0.4) is 0 Å². The summed E-state index contributed by atoms with van der Waals surface area (Å²) in [5.41, 5.74) is 4.28. The molecule has 1 aromatic carbocycles. The average Bonchev–Trinajstić information content (AvgIpc) is 3.16. The van der Waals surface area contributed by atoms with Crippen molar-refractivity contribution in [2.45, 2.75) is 25.9 Å². The van der Waals surface area contributed by atoms with E-state index in [-0.39, 0.29) is 6.10 Å². The van der Waals surface area contributed by atoms with E-state index in [9.17, 15) is 4.79 Å². The van der Waals surface area contributed by atoms with E-state index in [4.69, 9.17) is 31.5 Å². The summed E-state index contributed by atoms with van der Waals surface area (Å²) in [5, 5.41) is 16.5. The number of benzene rings is 1. The Bertz CT molecular complexity index is 674. The van der Waals surface area contributed by atoms with Crippen molar-refractivity contribution in [1.82, 2.24) is 10.7 Å². The van der Waals surface area contributed by atoms with Gasteiger partial charge in [0, 0.05) is 18.7 Å². The van der Waals surface area contributed by atoms with E-state index >= 15 is 0 Å². The Kier molecular flexibility index (Phi) is 7.61. The Morgan fingerprint density at radius 2 is 2.27 bits per heavy atom. The summed E-state index contributed by atoms with van der Waals surface area (Å²) < 4.78 is 15.9. The third kappa shape index (κ3) is 6.16. The molecule has 26 heavy (non-hydrogen) atoms. The van der Waals surface area contributed by atoms with Crippen LogP contribution in [-0.4, -0.2) is 54.9 Å². The summed E-state index contributed by atoms with van der Waals surface area (Å²) in [6.07, 6.45) is 2.31. The lowest BCUT2D eigenvalue weighted by Gasteiger charge is -2.13. The molecule has 0 radical (unpaired) electrons. The molecule has 1 aliphatic rings. The topological polar surface area (TPSA) is 101 Å². The third-order valence-corrected chi connectivity index (χ3v) is 4.01. The Hall–Kier alpha value is -2.39. The second-order valence-electron chi connectivity index (χ2n) is 5.70. The summed E-state index contributed by atoms with van der Waals surface area (Å²) in [6, 6.07) is 5.13. The molecule has 1 aliphatic heterocycles. The Morgan fingerprint density at radius 1 is 1.46 bits per heavy atom. The number of carboxylic acids is 1. The molecule has 2 rings (SSSR count). The van der Waals surface area contributed by atoms with E-state index in [0.29, 0.717) is 28.9 Å². The first-order chi connectivity index (χ1) is 12.5. The number of rotatable bonds is 8. The maximum Gasteiger partial charge on any atom is 0.341 e. The van der Waals surface area contributed by atoms with E-state index in [1.165, 1.54) is 7.11 Å². The van der Waals surface area contributed by atoms with Crippen LogP contribution >= 0.6 is 12.2 Å². The fraction of sp³-hybridized carbons (Fsp3) is 0.471. The minimum Gasteiger partial charge on any atom is -0.493 e. The van der Waals surface area contributed by atoms with Gasteiger partial charge in [0.05, 0.1) is 18.9 Å². The predicted molar refractivity (Wildman–Crippen MR) is 101 cm³/mol. The quantitative estimate of drug-likeness (QED) is 0.354. The predicted octanol–water partition coefficient (Wildman–Crippen LogP) is 1.53. The lowest BCUT2D eigenvalue weighted by molar-refractivity contribution is -0.139. The summed E-state index contributed by atoms with van der Waals surface area (Å²) >= 11 is 5.20. The maximum absolute atomic E-state index is 10.6. The van der Waals surface area contributed by atoms with Crippen molar-refractivity contribution in [2.75, 3.05) is 26.9 Å². The highest BCUT2D eigenvalue weighted by atomic mass is 32.1. The van der Waals surface area contributed by atoms with Crippen LogP contribution in [0, 0.1) is 0 Å². The molecular weight excluding hydrogens is 358 g/mol. The molecular formula is C17H23N3O5S. The Labute approximate surface area is 157 Å². The minimum atomic E-state index is -1.05. The van der Waals surface area contributed by atoms with Crippen molar-refractivity contribution in [3.05, 3.63) is 23.8 Å². The van der Waals surface area contributed by atoms with E-state index < -0.39 is 12.6 Å². The molecule has 1 aromatic rings. The van der Waals surface area contributed by atoms with Gasteiger partial charge in [-0.05, 0) is 50.2 Å². The van der Waals surface area contributed by atoms with Crippen LogP contribution in [-0.2, 0) is 9.53 Å². The largest absolute Gasteiger partial charge is 0.493 e. The molecule has 3 N–H and O–H groups in total. The molecule has 0 amide bonds. The Balaban J connectivity index is 1.92. The van der Waals surface area contributed by atoms with E-state index in [0.717, 1.165) is 25.0 Å². The zero-order valence-corrected chi connectivity index (χ0v) is 15.6. The number of hydrogen-bond acceptors (Lipinski definition) is 6. The van der Waals surface area contributed by atoms with Gasteiger partial charge >= 0.3 is 5.97 Å². The normalized spacial score (nSPS) is 16.8. The molecule has 0 unspecified atom stereocenters. The summed E-state index contributed by atoms with van der Waals surface area (Å²) in [4.78, 5) is 10.6. The van der Waals surface area contributed by atoms with Crippen LogP contribution in [0.1, 0.15) is 25.3 Å². The number of ether oxygens (including phenoxy) is 3. The number of hydrazone groups is 1. The van der Waals surface area contributed by atoms with E-state index in [1.807, 2.05) is 6.92 Å². The van der Waals surface area contributed by atoms with Gasteiger partial charge in [0.2, 0.25) is 0 Å². The molecule has 0 aliphatic carbocycles. The zero-order chi connectivity index (χ0) is 18.9. The van der Waals surface area contributed by atoms with Crippen molar-refractivity contribution in [3.8, 4) is 11.5 Å². The standard InChI is InChI=1S/C17H23N3O5S/c1-11(19-20-17(26)18-9-13-4-3-7-24-13)12-5-6-14(15(8-12)23-2)25-10-16(21)22/h5-6,8,13H,3-4,7,9-10H2,1-2H3,(H,21,22)(H2,18,20,26)/b19-11-/t13-/m1/s1. The molecule has 8 nitrogen and oxygen atoms in total. The number of nitrogens with one attached hydrogen (secondary N) is 2. The van der Waals surface area contributed by atoms with Gasteiger partial charge in [-0.1, -0.05) is 0 Å². The van der Waals surface area contributed by atoms with Crippen LogP contribution in [0.25, 0.3) is 0 Å². The lowest BCUT2D eigenvalue weighted by atomic mass is 10.1. The van der Waals surface area contributed by atoms with Gasteiger partial charge in [-0.2, -0.15) is 5.10 Å². The minimum absolute atomic E-state index is 0.197. The molecule has 1 saturated heterocycles. The number of nitrogens with zero attached hydrogens (tertiary/aromatic N) is 1. The summed E-state index contributed by atoms with van der Waals surface area (Å²) in [6.45, 7) is 2.85. The third-order valence-electron chi connectivity index (χ3n) is 3.77. The van der Waals surface area contributed by atoms with Gasteiger partial charge in [-0.3, -0.25) is 5.43 Å². The number of thiocarbonyl (C=S) groups is 1. The molecule has 1 fully saturated rings. The molecule has 1 heterocycles. The fourth-order valence-corrected chi connectivity index (χ4v) is 2.53. The van der Waals surface area contributed by atoms with E-state index in [2.05, 4.69) is 15.8 Å². The molecule has 0 spiro atoms. The molecule has 0 bridgehead atoms. The molecule has 142 valence electrons. The van der Waals surface area contributed by atoms with Crippen LogP contribution in [0.15, 0.2) is 23.3 Å². The van der Waals surface area contributed by atoms with Crippen LogP contribution in [0.4, 0.5) is 0 Å².